The lowest BCUT2D eigenvalue weighted by Gasteiger charge is -2.27. The second-order valence-corrected chi connectivity index (χ2v) is 7.92. The van der Waals surface area contributed by atoms with Gasteiger partial charge in [-0.25, -0.2) is 4.68 Å². The molecule has 1 atom stereocenters. The standard InChI is InChI=1S/C22H22N4O2S/c1-15(17-9-5-3-6-10-17)23-19(27)13-25-20(28)14-29-22-21(25)16(2)24-26(22)18-11-7-4-8-12-18/h3-12,15H,13-14H2,1-2H3,(H,23,27)/t15-/m0/s1. The molecule has 2 heterocycles. The molecule has 29 heavy (non-hydrogen) atoms. The molecule has 0 saturated heterocycles. The summed E-state index contributed by atoms with van der Waals surface area (Å²) in [6, 6.07) is 19.4. The number of para-hydroxylation sites is 1. The fourth-order valence-corrected chi connectivity index (χ4v) is 4.52. The molecule has 2 amide bonds. The zero-order chi connectivity index (χ0) is 20.4. The maximum atomic E-state index is 12.7. The van der Waals surface area contributed by atoms with Gasteiger partial charge in [0.1, 0.15) is 11.6 Å². The second kappa shape index (κ2) is 8.13. The van der Waals surface area contributed by atoms with Crippen LogP contribution in [0, 0.1) is 6.92 Å². The predicted molar refractivity (Wildman–Crippen MR) is 114 cm³/mol. The molecule has 0 saturated carbocycles. The number of carbonyl (C=O) groups is 2. The number of rotatable bonds is 5. The van der Waals surface area contributed by atoms with Gasteiger partial charge in [0.25, 0.3) is 0 Å². The van der Waals surface area contributed by atoms with Gasteiger partial charge in [0.05, 0.1) is 28.9 Å². The number of carbonyl (C=O) groups excluding carboxylic acids is 2. The summed E-state index contributed by atoms with van der Waals surface area (Å²) in [5, 5.41) is 8.51. The molecule has 1 aliphatic heterocycles. The third-order valence-corrected chi connectivity index (χ3v) is 5.90. The molecular formula is C22H22N4O2S. The number of aryl methyl sites for hydroxylation is 1. The van der Waals surface area contributed by atoms with Gasteiger partial charge in [-0.05, 0) is 31.5 Å². The van der Waals surface area contributed by atoms with Crippen LogP contribution in [-0.2, 0) is 9.59 Å². The zero-order valence-corrected chi connectivity index (χ0v) is 17.1. The van der Waals surface area contributed by atoms with Gasteiger partial charge in [-0.3, -0.25) is 14.5 Å². The van der Waals surface area contributed by atoms with Crippen molar-refractivity contribution in [2.45, 2.75) is 24.9 Å². The lowest BCUT2D eigenvalue weighted by Crippen LogP contribution is -2.44. The summed E-state index contributed by atoms with van der Waals surface area (Å²) in [7, 11) is 0. The third-order valence-electron chi connectivity index (χ3n) is 4.87. The van der Waals surface area contributed by atoms with E-state index in [-0.39, 0.29) is 30.2 Å². The van der Waals surface area contributed by atoms with Crippen molar-refractivity contribution >= 4 is 29.3 Å². The van der Waals surface area contributed by atoms with Gasteiger partial charge in [0, 0.05) is 0 Å². The zero-order valence-electron chi connectivity index (χ0n) is 16.3. The quantitative estimate of drug-likeness (QED) is 0.704. The maximum absolute atomic E-state index is 12.7. The Bertz CT molecular complexity index is 1030. The summed E-state index contributed by atoms with van der Waals surface area (Å²) in [5.74, 6) is 0.00656. The van der Waals surface area contributed by atoms with E-state index < -0.39 is 0 Å². The van der Waals surface area contributed by atoms with Crippen molar-refractivity contribution in [2.75, 3.05) is 17.2 Å². The Balaban J connectivity index is 1.57. The molecule has 3 aromatic rings. The fraction of sp³-hybridized carbons (Fsp3) is 0.227. The number of hydrogen-bond donors (Lipinski definition) is 1. The molecule has 0 aliphatic carbocycles. The van der Waals surface area contributed by atoms with Crippen LogP contribution in [0.2, 0.25) is 0 Å². The molecular weight excluding hydrogens is 384 g/mol. The van der Waals surface area contributed by atoms with Gasteiger partial charge >= 0.3 is 0 Å². The molecule has 0 fully saturated rings. The minimum atomic E-state index is -0.195. The number of fused-ring (bicyclic) bond motifs is 1. The van der Waals surface area contributed by atoms with E-state index in [1.165, 1.54) is 11.8 Å². The topological polar surface area (TPSA) is 67.2 Å². The largest absolute Gasteiger partial charge is 0.348 e. The third kappa shape index (κ3) is 3.91. The van der Waals surface area contributed by atoms with Crippen LogP contribution in [0.4, 0.5) is 5.69 Å². The van der Waals surface area contributed by atoms with E-state index in [2.05, 4.69) is 10.4 Å². The van der Waals surface area contributed by atoms with Crippen molar-refractivity contribution in [1.29, 1.82) is 0 Å². The highest BCUT2D eigenvalue weighted by atomic mass is 32.2. The Kier molecular flexibility index (Phi) is 5.40. The predicted octanol–water partition coefficient (Wildman–Crippen LogP) is 3.50. The highest BCUT2D eigenvalue weighted by Gasteiger charge is 2.32. The summed E-state index contributed by atoms with van der Waals surface area (Å²) in [4.78, 5) is 26.9. The smallest absolute Gasteiger partial charge is 0.240 e. The number of thioether (sulfide) groups is 1. The van der Waals surface area contributed by atoms with E-state index in [1.807, 2.05) is 79.2 Å². The molecule has 4 rings (SSSR count). The van der Waals surface area contributed by atoms with E-state index in [9.17, 15) is 9.59 Å². The molecule has 7 heteroatoms. The lowest BCUT2D eigenvalue weighted by molar-refractivity contribution is -0.123. The van der Waals surface area contributed by atoms with Gasteiger partial charge in [0.2, 0.25) is 11.8 Å². The van der Waals surface area contributed by atoms with Crippen LogP contribution >= 0.6 is 11.8 Å². The number of aromatic nitrogens is 2. The number of amides is 2. The van der Waals surface area contributed by atoms with E-state index in [1.54, 1.807) is 4.90 Å². The molecule has 6 nitrogen and oxygen atoms in total. The van der Waals surface area contributed by atoms with Gasteiger partial charge in [0.15, 0.2) is 0 Å². The lowest BCUT2D eigenvalue weighted by atomic mass is 10.1. The van der Waals surface area contributed by atoms with E-state index in [0.29, 0.717) is 0 Å². The summed E-state index contributed by atoms with van der Waals surface area (Å²) in [5.41, 5.74) is 3.40. The van der Waals surface area contributed by atoms with Crippen molar-refractivity contribution in [3.8, 4) is 5.69 Å². The van der Waals surface area contributed by atoms with Crippen molar-refractivity contribution in [1.82, 2.24) is 15.1 Å². The Morgan fingerprint density at radius 1 is 1.14 bits per heavy atom. The second-order valence-electron chi connectivity index (χ2n) is 6.95. The SMILES string of the molecule is Cc1nn(-c2ccccc2)c2c1N(CC(=O)N[C@@H](C)c1ccccc1)C(=O)CS2. The first-order chi connectivity index (χ1) is 14.0. The fourth-order valence-electron chi connectivity index (χ4n) is 3.44. The Labute approximate surface area is 173 Å². The highest BCUT2D eigenvalue weighted by molar-refractivity contribution is 8.00. The van der Waals surface area contributed by atoms with Crippen LogP contribution < -0.4 is 10.2 Å². The molecule has 1 aliphatic rings. The normalized spacial score (nSPS) is 14.4. The Morgan fingerprint density at radius 3 is 2.48 bits per heavy atom. The van der Waals surface area contributed by atoms with Gasteiger partial charge in [-0.1, -0.05) is 60.3 Å². The van der Waals surface area contributed by atoms with Crippen molar-refractivity contribution in [2.24, 2.45) is 0 Å². The number of nitrogens with zero attached hydrogens (tertiary/aromatic N) is 3. The minimum absolute atomic E-state index is 0.0229. The molecule has 0 spiro atoms. The van der Waals surface area contributed by atoms with Crippen molar-refractivity contribution in [3.63, 3.8) is 0 Å². The number of benzene rings is 2. The number of anilines is 1. The number of hydrogen-bond acceptors (Lipinski definition) is 4. The first-order valence-corrected chi connectivity index (χ1v) is 10.5. The van der Waals surface area contributed by atoms with Crippen molar-refractivity contribution < 1.29 is 9.59 Å². The minimum Gasteiger partial charge on any atom is -0.348 e. The summed E-state index contributed by atoms with van der Waals surface area (Å²) < 4.78 is 1.85. The van der Waals surface area contributed by atoms with Gasteiger partial charge in [-0.15, -0.1) is 0 Å². The number of nitrogens with one attached hydrogen (secondary N) is 1. The molecule has 2 aromatic carbocycles. The summed E-state index contributed by atoms with van der Waals surface area (Å²) in [6.45, 7) is 3.78. The Hall–Kier alpha value is -3.06. The van der Waals surface area contributed by atoms with E-state index in [0.717, 1.165) is 27.7 Å². The van der Waals surface area contributed by atoms with Crippen LogP contribution in [0.5, 0.6) is 0 Å². The molecule has 0 unspecified atom stereocenters. The molecule has 1 aromatic heterocycles. The van der Waals surface area contributed by atoms with Gasteiger partial charge in [-0.2, -0.15) is 5.10 Å². The van der Waals surface area contributed by atoms with E-state index >= 15 is 0 Å². The molecule has 1 N–H and O–H groups in total. The van der Waals surface area contributed by atoms with Crippen LogP contribution in [0.1, 0.15) is 24.2 Å². The first-order valence-electron chi connectivity index (χ1n) is 9.47. The monoisotopic (exact) mass is 406 g/mol. The van der Waals surface area contributed by atoms with Crippen LogP contribution in [-0.4, -0.2) is 33.9 Å². The van der Waals surface area contributed by atoms with Crippen LogP contribution in [0.15, 0.2) is 65.7 Å². The van der Waals surface area contributed by atoms with Crippen LogP contribution in [0.25, 0.3) is 5.69 Å². The molecule has 0 bridgehead atoms. The average Bonchev–Trinajstić information content (AvgIpc) is 3.08. The Morgan fingerprint density at radius 2 is 1.79 bits per heavy atom. The average molecular weight is 407 g/mol. The molecule has 0 radical (unpaired) electrons. The van der Waals surface area contributed by atoms with Crippen molar-refractivity contribution in [3.05, 3.63) is 71.9 Å². The van der Waals surface area contributed by atoms with Crippen LogP contribution in [0.3, 0.4) is 0 Å². The van der Waals surface area contributed by atoms with E-state index in [4.69, 9.17) is 0 Å². The molecule has 148 valence electrons. The first kappa shape index (κ1) is 19.3. The van der Waals surface area contributed by atoms with Gasteiger partial charge < -0.3 is 5.32 Å². The summed E-state index contributed by atoms with van der Waals surface area (Å²) in [6.07, 6.45) is 0. The summed E-state index contributed by atoms with van der Waals surface area (Å²) >= 11 is 1.46. The maximum Gasteiger partial charge on any atom is 0.240 e. The highest BCUT2D eigenvalue weighted by Crippen LogP contribution is 2.39.